The minimum absolute atomic E-state index is 0.0494. The van der Waals surface area contributed by atoms with E-state index in [0.29, 0.717) is 22.6 Å². The zero-order chi connectivity index (χ0) is 30.5. The van der Waals surface area contributed by atoms with Crippen molar-refractivity contribution in [2.24, 2.45) is 0 Å². The van der Waals surface area contributed by atoms with Gasteiger partial charge >= 0.3 is 12.2 Å². The molecule has 5 rings (SSSR count). The van der Waals surface area contributed by atoms with Gasteiger partial charge in [0.1, 0.15) is 16.8 Å². The quantitative estimate of drug-likeness (QED) is 0.249. The highest BCUT2D eigenvalue weighted by atomic mass is 35.5. The molecular formula is C28H26ClFN9O4+. The van der Waals surface area contributed by atoms with Crippen LogP contribution in [-0.4, -0.2) is 75.2 Å². The van der Waals surface area contributed by atoms with Crippen molar-refractivity contribution in [2.75, 3.05) is 33.1 Å². The van der Waals surface area contributed by atoms with Crippen molar-refractivity contribution >= 4 is 29.5 Å². The number of hydrogen-bond donors (Lipinski definition) is 2. The number of aromatic nitrogens is 7. The van der Waals surface area contributed by atoms with Gasteiger partial charge in [0.25, 0.3) is 6.33 Å². The van der Waals surface area contributed by atoms with Crippen LogP contribution in [0, 0.1) is 5.82 Å². The number of tetrazole rings is 1. The molecule has 0 radical (unpaired) electrons. The van der Waals surface area contributed by atoms with Crippen molar-refractivity contribution < 1.29 is 28.1 Å². The van der Waals surface area contributed by atoms with Gasteiger partial charge in [-0.25, -0.2) is 14.0 Å². The molecule has 1 unspecified atom stereocenters. The number of nitrogens with zero attached hydrogens (tertiary/aromatic N) is 7. The summed E-state index contributed by atoms with van der Waals surface area (Å²) in [5.74, 6) is -0.623. The molecule has 2 N–H and O–H groups in total. The lowest BCUT2D eigenvalue weighted by Crippen LogP contribution is -2.34. The maximum atomic E-state index is 15.3. The standard InChI is InChI=1S/C28H25ClFN9O4/c1-37(28(41)43-3)15-24(38-14-19(13-33-38)17-4-7-20(8-5-17)34-27(40)42-2)22-10-6-18(12-31-22)25-23(39-16-32-35-36-39)11-9-21(29)26(25)30/h4-14,16,24H,15H2,1-3H3,(H,34,40)/p+1. The van der Waals surface area contributed by atoms with E-state index in [-0.39, 0.29) is 17.1 Å². The summed E-state index contributed by atoms with van der Waals surface area (Å²) in [6, 6.07) is 13.2. The second-order valence-electron chi connectivity index (χ2n) is 9.30. The number of anilines is 1. The number of H-pyrrole nitrogens is 1. The van der Waals surface area contributed by atoms with Gasteiger partial charge in [-0.2, -0.15) is 5.10 Å². The zero-order valence-corrected chi connectivity index (χ0v) is 24.0. The Bertz CT molecular complexity index is 1730. The number of benzene rings is 2. The molecule has 0 aliphatic heterocycles. The van der Waals surface area contributed by atoms with Gasteiger partial charge in [0.2, 0.25) is 0 Å². The van der Waals surface area contributed by atoms with E-state index in [4.69, 9.17) is 16.3 Å². The van der Waals surface area contributed by atoms with E-state index >= 15 is 4.39 Å². The van der Waals surface area contributed by atoms with Crippen LogP contribution in [0.4, 0.5) is 19.7 Å². The Kier molecular flexibility index (Phi) is 8.57. The lowest BCUT2D eigenvalue weighted by atomic mass is 10.0. The fourth-order valence-corrected chi connectivity index (χ4v) is 4.59. The molecule has 0 fully saturated rings. The molecule has 2 aromatic carbocycles. The lowest BCUT2D eigenvalue weighted by molar-refractivity contribution is -0.659. The van der Waals surface area contributed by atoms with Crippen LogP contribution in [0.3, 0.4) is 0 Å². The van der Waals surface area contributed by atoms with Gasteiger partial charge in [-0.05, 0) is 35.9 Å². The number of rotatable bonds is 8. The minimum atomic E-state index is -0.623. The third kappa shape index (κ3) is 6.28. The topological polar surface area (TPSA) is 144 Å². The predicted octanol–water partition coefficient (Wildman–Crippen LogP) is 4.27. The Hall–Kier alpha value is -5.37. The molecule has 15 heteroatoms. The number of amides is 2. The Balaban J connectivity index is 1.48. The summed E-state index contributed by atoms with van der Waals surface area (Å²) in [7, 11) is 4.20. The van der Waals surface area contributed by atoms with E-state index in [0.717, 1.165) is 11.1 Å². The smallest absolute Gasteiger partial charge is 0.411 e. The Morgan fingerprint density at radius 3 is 2.49 bits per heavy atom. The molecule has 3 heterocycles. The summed E-state index contributed by atoms with van der Waals surface area (Å²) in [6.07, 6.45) is 5.35. The van der Waals surface area contributed by atoms with Gasteiger partial charge in [-0.1, -0.05) is 35.0 Å². The molecule has 0 aliphatic carbocycles. The monoisotopic (exact) mass is 606 g/mol. The number of pyridine rings is 1. The summed E-state index contributed by atoms with van der Waals surface area (Å²) in [5.41, 5.74) is 3.88. The van der Waals surface area contributed by atoms with Gasteiger partial charge in [0.15, 0.2) is 11.0 Å². The highest BCUT2D eigenvalue weighted by Gasteiger charge is 2.24. The first kappa shape index (κ1) is 29.1. The number of methoxy groups -OCH3 is 2. The number of nitrogens with one attached hydrogen (secondary N) is 2. The van der Waals surface area contributed by atoms with E-state index in [9.17, 15) is 9.59 Å². The van der Waals surface area contributed by atoms with Gasteiger partial charge in [0.05, 0.1) is 43.2 Å². The molecule has 2 amide bonds. The van der Waals surface area contributed by atoms with E-state index < -0.39 is 24.0 Å². The van der Waals surface area contributed by atoms with Crippen molar-refractivity contribution in [1.82, 2.24) is 35.2 Å². The summed E-state index contributed by atoms with van der Waals surface area (Å²) in [6.45, 7) is 0.175. The van der Waals surface area contributed by atoms with Crippen molar-refractivity contribution in [3.05, 3.63) is 90.0 Å². The molecular weight excluding hydrogens is 581 g/mol. The fraction of sp³-hybridized carbons (Fsp3) is 0.179. The lowest BCUT2D eigenvalue weighted by Gasteiger charge is -2.23. The van der Waals surface area contributed by atoms with Crippen LogP contribution in [-0.2, 0) is 9.47 Å². The highest BCUT2D eigenvalue weighted by Crippen LogP contribution is 2.32. The SMILES string of the molecule is COC(=O)Nc1ccc(-c2cnn(C(CN(C)C(=O)OC)c3ccc(-c4c(-[n+]5cnn[nH]5)ccc(Cl)c4F)cn3)c2)cc1. The van der Waals surface area contributed by atoms with Crippen LogP contribution in [0.5, 0.6) is 0 Å². The van der Waals surface area contributed by atoms with Crippen molar-refractivity contribution in [1.29, 1.82) is 0 Å². The molecule has 3 aromatic heterocycles. The maximum absolute atomic E-state index is 15.3. The van der Waals surface area contributed by atoms with Crippen molar-refractivity contribution in [2.45, 2.75) is 6.04 Å². The first-order chi connectivity index (χ1) is 20.8. The molecule has 1 atom stereocenters. The number of halogens is 2. The number of likely N-dealkylation sites (N-methyl/N-ethyl adjacent to an activating group) is 1. The van der Waals surface area contributed by atoms with Crippen LogP contribution < -0.4 is 10.00 Å². The van der Waals surface area contributed by atoms with Crippen molar-refractivity contribution in [3.8, 4) is 27.9 Å². The largest absolute Gasteiger partial charge is 0.453 e. The number of ether oxygens (including phenoxy) is 2. The first-order valence-electron chi connectivity index (χ1n) is 12.8. The molecule has 220 valence electrons. The summed E-state index contributed by atoms with van der Waals surface area (Å²) in [4.78, 5) is 29.8. The molecule has 43 heavy (non-hydrogen) atoms. The zero-order valence-electron chi connectivity index (χ0n) is 23.2. The van der Waals surface area contributed by atoms with Gasteiger partial charge in [-0.3, -0.25) is 15.0 Å². The number of hydrogen-bond acceptors (Lipinski definition) is 8. The second-order valence-corrected chi connectivity index (χ2v) is 9.70. The van der Waals surface area contributed by atoms with Crippen LogP contribution in [0.25, 0.3) is 27.9 Å². The highest BCUT2D eigenvalue weighted by molar-refractivity contribution is 6.31. The Labute approximate surface area is 249 Å². The Morgan fingerprint density at radius 2 is 1.84 bits per heavy atom. The third-order valence-corrected chi connectivity index (χ3v) is 6.92. The molecule has 13 nitrogen and oxygen atoms in total. The number of aromatic amines is 1. The van der Waals surface area contributed by atoms with E-state index in [2.05, 4.69) is 35.7 Å². The number of carbonyl (C=O) groups is 2. The molecule has 5 aromatic rings. The van der Waals surface area contributed by atoms with E-state index in [1.165, 1.54) is 42.4 Å². The molecule has 0 spiro atoms. The fourth-order valence-electron chi connectivity index (χ4n) is 4.43. The number of carbonyl (C=O) groups excluding carboxylic acids is 2. The van der Waals surface area contributed by atoms with Gasteiger partial charge in [0, 0.05) is 36.3 Å². The average molecular weight is 607 g/mol. The maximum Gasteiger partial charge on any atom is 0.411 e. The van der Waals surface area contributed by atoms with Crippen molar-refractivity contribution in [3.63, 3.8) is 0 Å². The second kappa shape index (κ2) is 12.7. The predicted molar refractivity (Wildman–Crippen MR) is 153 cm³/mol. The van der Waals surface area contributed by atoms with Crippen LogP contribution in [0.15, 0.2) is 73.4 Å². The molecule has 0 saturated heterocycles. The van der Waals surface area contributed by atoms with Crippen LogP contribution in [0.1, 0.15) is 11.7 Å². The summed E-state index contributed by atoms with van der Waals surface area (Å²) >= 11 is 6.12. The van der Waals surface area contributed by atoms with Gasteiger partial charge in [-0.15, -0.1) is 4.68 Å². The van der Waals surface area contributed by atoms with E-state index in [1.54, 1.807) is 48.3 Å². The van der Waals surface area contributed by atoms with Crippen LogP contribution in [0.2, 0.25) is 5.02 Å². The summed E-state index contributed by atoms with van der Waals surface area (Å²) < 4.78 is 28.0. The minimum Gasteiger partial charge on any atom is -0.453 e. The molecule has 0 bridgehead atoms. The first-order valence-corrected chi connectivity index (χ1v) is 13.2. The van der Waals surface area contributed by atoms with Crippen LogP contribution >= 0.6 is 11.6 Å². The molecule has 0 aliphatic rings. The third-order valence-electron chi connectivity index (χ3n) is 6.63. The molecule has 0 saturated carbocycles. The van der Waals surface area contributed by atoms with E-state index in [1.807, 2.05) is 18.3 Å². The Morgan fingerprint density at radius 1 is 1.07 bits per heavy atom. The average Bonchev–Trinajstić information content (AvgIpc) is 3.74. The summed E-state index contributed by atoms with van der Waals surface area (Å²) in [5, 5.41) is 17.2. The normalized spacial score (nSPS) is 11.6. The van der Waals surface area contributed by atoms with Gasteiger partial charge < -0.3 is 14.4 Å².